The third-order valence-electron chi connectivity index (χ3n) is 5.50. The fourth-order valence-corrected chi connectivity index (χ4v) is 4.86. The Morgan fingerprint density at radius 1 is 1.17 bits per heavy atom. The van der Waals surface area contributed by atoms with Gasteiger partial charge in [0.15, 0.2) is 5.82 Å². The number of benzene rings is 1. The fourth-order valence-electron chi connectivity index (χ4n) is 3.83. The molecule has 1 atom stereocenters. The van der Waals surface area contributed by atoms with Gasteiger partial charge in [-0.2, -0.15) is 11.8 Å². The van der Waals surface area contributed by atoms with E-state index < -0.39 is 0 Å². The molecule has 1 fully saturated rings. The molecule has 154 valence electrons. The molecule has 2 aromatic heterocycles. The van der Waals surface area contributed by atoms with Gasteiger partial charge in [0.2, 0.25) is 11.8 Å². The fraction of sp³-hybridized carbons (Fsp3) is 0.333. The zero-order chi connectivity index (χ0) is 20.5. The van der Waals surface area contributed by atoms with Crippen molar-refractivity contribution in [1.29, 1.82) is 0 Å². The first-order valence-corrected chi connectivity index (χ1v) is 11.0. The van der Waals surface area contributed by atoms with E-state index in [9.17, 15) is 9.18 Å². The van der Waals surface area contributed by atoms with Crippen molar-refractivity contribution < 1.29 is 13.7 Å². The van der Waals surface area contributed by atoms with Crippen molar-refractivity contribution in [3.8, 4) is 11.3 Å². The lowest BCUT2D eigenvalue weighted by Crippen LogP contribution is -2.41. The molecule has 4 heterocycles. The average molecular weight is 425 g/mol. The molecule has 1 saturated heterocycles. The number of hydrogen-bond acceptors (Lipinski definition) is 7. The van der Waals surface area contributed by atoms with E-state index in [1.165, 1.54) is 12.1 Å². The minimum absolute atomic E-state index is 0.0496. The first-order chi connectivity index (χ1) is 14.7. The van der Waals surface area contributed by atoms with Gasteiger partial charge in [-0.3, -0.25) is 10.1 Å². The molecule has 2 aliphatic rings. The Labute approximate surface area is 177 Å². The molecule has 0 spiro atoms. The third-order valence-corrected chi connectivity index (χ3v) is 6.47. The van der Waals surface area contributed by atoms with Gasteiger partial charge in [-0.1, -0.05) is 5.16 Å². The molecule has 1 N–H and O–H groups in total. The minimum Gasteiger partial charge on any atom is -0.354 e. The van der Waals surface area contributed by atoms with Gasteiger partial charge in [0.05, 0.1) is 22.9 Å². The number of carbonyl (C=O) groups is 1. The molecular formula is C21H20FN5O2S. The van der Waals surface area contributed by atoms with Crippen LogP contribution in [0.15, 0.2) is 40.9 Å². The third kappa shape index (κ3) is 3.77. The summed E-state index contributed by atoms with van der Waals surface area (Å²) in [5, 5.41) is 15.6. The zero-order valence-corrected chi connectivity index (χ0v) is 17.0. The standard InChI is InChI=1S/C21H20FN5O2S/c22-15-5-3-13(4-6-15)17-7-8-19(25-24-17)27-9-1-2-14(10-27)20(28)23-21-16-11-30-12-18(16)26-29-21/h3-8,14H,1-2,9-12H2,(H,23,28). The van der Waals surface area contributed by atoms with Gasteiger partial charge in [-0.05, 0) is 49.2 Å². The van der Waals surface area contributed by atoms with Crippen LogP contribution >= 0.6 is 11.8 Å². The van der Waals surface area contributed by atoms with E-state index in [-0.39, 0.29) is 17.6 Å². The van der Waals surface area contributed by atoms with Crippen LogP contribution in [0.25, 0.3) is 11.3 Å². The molecule has 7 nitrogen and oxygen atoms in total. The summed E-state index contributed by atoms with van der Waals surface area (Å²) in [6.07, 6.45) is 1.71. The minimum atomic E-state index is -0.282. The number of piperidine rings is 1. The van der Waals surface area contributed by atoms with Crippen LogP contribution in [-0.2, 0) is 16.3 Å². The first-order valence-electron chi connectivity index (χ1n) is 9.88. The molecule has 1 aromatic carbocycles. The molecule has 3 aromatic rings. The van der Waals surface area contributed by atoms with Gasteiger partial charge in [0, 0.05) is 30.2 Å². The van der Waals surface area contributed by atoms with Crippen molar-refractivity contribution in [1.82, 2.24) is 15.4 Å². The predicted molar refractivity (Wildman–Crippen MR) is 112 cm³/mol. The second kappa shape index (κ2) is 8.06. The van der Waals surface area contributed by atoms with Crippen molar-refractivity contribution in [2.24, 2.45) is 5.92 Å². The number of nitrogens with zero attached hydrogens (tertiary/aromatic N) is 4. The summed E-state index contributed by atoms with van der Waals surface area (Å²) in [5.74, 6) is 2.38. The number of carbonyl (C=O) groups excluding carboxylic acids is 1. The summed E-state index contributed by atoms with van der Waals surface area (Å²) in [5.41, 5.74) is 3.42. The number of nitrogens with one attached hydrogen (secondary N) is 1. The van der Waals surface area contributed by atoms with Crippen LogP contribution in [0.1, 0.15) is 24.1 Å². The molecule has 2 aliphatic heterocycles. The van der Waals surface area contributed by atoms with Gasteiger partial charge in [0.1, 0.15) is 5.82 Å². The molecule has 1 unspecified atom stereocenters. The molecule has 5 rings (SSSR count). The SMILES string of the molecule is O=C(Nc1onc2c1CSC2)C1CCCN(c2ccc(-c3ccc(F)cc3)nn2)C1. The molecule has 30 heavy (non-hydrogen) atoms. The quantitative estimate of drug-likeness (QED) is 0.679. The predicted octanol–water partition coefficient (Wildman–Crippen LogP) is 3.87. The Morgan fingerprint density at radius 3 is 2.83 bits per heavy atom. The van der Waals surface area contributed by atoms with Crippen molar-refractivity contribution in [3.63, 3.8) is 0 Å². The first kappa shape index (κ1) is 19.0. The normalized spacial score (nSPS) is 18.3. The summed E-state index contributed by atoms with van der Waals surface area (Å²) in [6.45, 7) is 1.39. The average Bonchev–Trinajstić information content (AvgIpc) is 3.40. The summed E-state index contributed by atoms with van der Waals surface area (Å²) in [7, 11) is 0. The second-order valence-electron chi connectivity index (χ2n) is 7.49. The van der Waals surface area contributed by atoms with E-state index in [2.05, 4.69) is 25.6 Å². The highest BCUT2D eigenvalue weighted by Gasteiger charge is 2.29. The van der Waals surface area contributed by atoms with Gasteiger partial charge in [0.25, 0.3) is 0 Å². The van der Waals surface area contributed by atoms with Crippen LogP contribution in [0.5, 0.6) is 0 Å². The van der Waals surface area contributed by atoms with Crippen LogP contribution in [0.3, 0.4) is 0 Å². The van der Waals surface area contributed by atoms with Crippen molar-refractivity contribution in [2.45, 2.75) is 24.3 Å². The van der Waals surface area contributed by atoms with Crippen LogP contribution in [-0.4, -0.2) is 34.4 Å². The number of fused-ring (bicyclic) bond motifs is 1. The number of hydrogen-bond donors (Lipinski definition) is 1. The van der Waals surface area contributed by atoms with Crippen LogP contribution in [0.4, 0.5) is 16.1 Å². The Morgan fingerprint density at radius 2 is 2.03 bits per heavy atom. The number of aromatic nitrogens is 3. The number of amides is 1. The Bertz CT molecular complexity index is 1050. The maximum atomic E-state index is 13.1. The highest BCUT2D eigenvalue weighted by atomic mass is 32.2. The zero-order valence-electron chi connectivity index (χ0n) is 16.2. The molecule has 9 heteroatoms. The van der Waals surface area contributed by atoms with Gasteiger partial charge in [-0.25, -0.2) is 4.39 Å². The maximum Gasteiger partial charge on any atom is 0.235 e. The van der Waals surface area contributed by atoms with Crippen molar-refractivity contribution in [3.05, 3.63) is 53.5 Å². The van der Waals surface area contributed by atoms with E-state index in [4.69, 9.17) is 4.52 Å². The molecule has 0 radical (unpaired) electrons. The lowest BCUT2D eigenvalue weighted by molar-refractivity contribution is -0.120. The van der Waals surface area contributed by atoms with E-state index in [0.717, 1.165) is 53.5 Å². The van der Waals surface area contributed by atoms with Gasteiger partial charge >= 0.3 is 0 Å². The van der Waals surface area contributed by atoms with Crippen molar-refractivity contribution in [2.75, 3.05) is 23.3 Å². The van der Waals surface area contributed by atoms with E-state index in [1.807, 2.05) is 12.1 Å². The Hall–Kier alpha value is -2.94. The monoisotopic (exact) mass is 425 g/mol. The van der Waals surface area contributed by atoms with E-state index >= 15 is 0 Å². The lowest BCUT2D eigenvalue weighted by Gasteiger charge is -2.32. The maximum absolute atomic E-state index is 13.1. The summed E-state index contributed by atoms with van der Waals surface area (Å²) >= 11 is 1.77. The molecule has 0 bridgehead atoms. The summed E-state index contributed by atoms with van der Waals surface area (Å²) < 4.78 is 18.4. The van der Waals surface area contributed by atoms with Gasteiger partial charge in [-0.15, -0.1) is 10.2 Å². The number of thioether (sulfide) groups is 1. The van der Waals surface area contributed by atoms with E-state index in [1.54, 1.807) is 23.9 Å². The molecular weight excluding hydrogens is 405 g/mol. The number of anilines is 2. The van der Waals surface area contributed by atoms with Gasteiger partial charge < -0.3 is 9.42 Å². The largest absolute Gasteiger partial charge is 0.354 e. The smallest absolute Gasteiger partial charge is 0.235 e. The highest BCUT2D eigenvalue weighted by Crippen LogP contribution is 2.35. The molecule has 0 saturated carbocycles. The number of rotatable bonds is 4. The van der Waals surface area contributed by atoms with Crippen molar-refractivity contribution >= 4 is 29.4 Å². The highest BCUT2D eigenvalue weighted by molar-refractivity contribution is 7.98. The van der Waals surface area contributed by atoms with Crippen LogP contribution in [0, 0.1) is 11.7 Å². The number of halogens is 1. The van der Waals surface area contributed by atoms with Crippen LogP contribution in [0.2, 0.25) is 0 Å². The molecule has 1 amide bonds. The Kier molecular flexibility index (Phi) is 5.12. The lowest BCUT2D eigenvalue weighted by atomic mass is 9.97. The van der Waals surface area contributed by atoms with Crippen LogP contribution < -0.4 is 10.2 Å². The molecule has 0 aliphatic carbocycles. The summed E-state index contributed by atoms with van der Waals surface area (Å²) in [6, 6.07) is 9.93. The Balaban J connectivity index is 1.25. The second-order valence-corrected chi connectivity index (χ2v) is 8.47. The summed E-state index contributed by atoms with van der Waals surface area (Å²) in [4.78, 5) is 14.9. The van der Waals surface area contributed by atoms with E-state index in [0.29, 0.717) is 18.1 Å². The topological polar surface area (TPSA) is 84.2 Å².